The highest BCUT2D eigenvalue weighted by Gasteiger charge is 2.26. The van der Waals surface area contributed by atoms with Gasteiger partial charge in [0.25, 0.3) is 5.69 Å². The van der Waals surface area contributed by atoms with Gasteiger partial charge in [-0.2, -0.15) is 0 Å². The zero-order valence-corrected chi connectivity index (χ0v) is 16.4. The molecule has 0 atom stereocenters. The second-order valence-electron chi connectivity index (χ2n) is 6.87. The lowest BCUT2D eigenvalue weighted by molar-refractivity contribution is -0.383. The lowest BCUT2D eigenvalue weighted by Gasteiger charge is -2.30. The molecule has 8 nitrogen and oxygen atoms in total. The first kappa shape index (κ1) is 20.8. The third kappa shape index (κ3) is 5.75. The zero-order chi connectivity index (χ0) is 20.8. The lowest BCUT2D eigenvalue weighted by atomic mass is 9.96. The Balaban J connectivity index is 1.49. The number of amides is 2. The molecule has 3 rings (SSSR count). The molecule has 1 aliphatic rings. The third-order valence-electron chi connectivity index (χ3n) is 4.80. The summed E-state index contributed by atoms with van der Waals surface area (Å²) in [5.41, 5.74) is 0.631. The van der Waals surface area contributed by atoms with Crippen LogP contribution in [0.5, 0.6) is 0 Å². The molecular weight excluding hydrogens is 396 g/mol. The number of rotatable bonds is 6. The Morgan fingerprint density at radius 2 is 1.79 bits per heavy atom. The fraction of sp³-hybridized carbons (Fsp3) is 0.300. The highest BCUT2D eigenvalue weighted by molar-refractivity contribution is 6.31. The number of nitrogens with zero attached hydrogens (tertiary/aromatic N) is 2. The van der Waals surface area contributed by atoms with Gasteiger partial charge in [-0.1, -0.05) is 29.8 Å². The average molecular weight is 417 g/mol. The Bertz CT molecular complexity index is 899. The van der Waals surface area contributed by atoms with Gasteiger partial charge in [-0.3, -0.25) is 24.6 Å². The molecule has 2 N–H and O–H groups in total. The molecule has 2 aromatic carbocycles. The first-order valence-electron chi connectivity index (χ1n) is 9.24. The molecule has 2 aromatic rings. The number of nitro groups is 1. The lowest BCUT2D eigenvalue weighted by Crippen LogP contribution is -2.41. The number of hydrogen-bond acceptors (Lipinski definition) is 5. The predicted molar refractivity (Wildman–Crippen MR) is 111 cm³/mol. The number of halogens is 1. The van der Waals surface area contributed by atoms with Gasteiger partial charge in [-0.05, 0) is 50.2 Å². The maximum absolute atomic E-state index is 12.4. The van der Waals surface area contributed by atoms with Crippen LogP contribution in [0.25, 0.3) is 0 Å². The smallest absolute Gasteiger partial charge is 0.292 e. The molecule has 0 saturated carbocycles. The number of nitro benzene ring substituents is 1. The molecule has 1 fully saturated rings. The van der Waals surface area contributed by atoms with Gasteiger partial charge in [0.2, 0.25) is 11.8 Å². The van der Waals surface area contributed by atoms with E-state index in [0.717, 1.165) is 5.69 Å². The molecule has 9 heteroatoms. The molecule has 152 valence electrons. The van der Waals surface area contributed by atoms with Crippen LogP contribution in [0.15, 0.2) is 48.5 Å². The molecule has 0 spiro atoms. The number of likely N-dealkylation sites (tertiary alicyclic amines) is 1. The van der Waals surface area contributed by atoms with E-state index in [0.29, 0.717) is 31.0 Å². The Kier molecular flexibility index (Phi) is 6.79. The normalized spacial score (nSPS) is 14.9. The van der Waals surface area contributed by atoms with Crippen molar-refractivity contribution in [3.8, 4) is 0 Å². The fourth-order valence-electron chi connectivity index (χ4n) is 3.28. The van der Waals surface area contributed by atoms with Gasteiger partial charge in [-0.15, -0.1) is 0 Å². The average Bonchev–Trinajstić information content (AvgIpc) is 2.69. The number of carbonyl (C=O) groups is 2. The van der Waals surface area contributed by atoms with E-state index in [-0.39, 0.29) is 35.7 Å². The summed E-state index contributed by atoms with van der Waals surface area (Å²) < 4.78 is 0. The number of anilines is 2. The first-order valence-corrected chi connectivity index (χ1v) is 9.62. The van der Waals surface area contributed by atoms with Crippen molar-refractivity contribution in [3.63, 3.8) is 0 Å². The van der Waals surface area contributed by atoms with Crippen molar-refractivity contribution < 1.29 is 14.5 Å². The van der Waals surface area contributed by atoms with Crippen LogP contribution in [-0.2, 0) is 9.59 Å². The monoisotopic (exact) mass is 416 g/mol. The minimum atomic E-state index is -0.567. The standard InChI is InChI=1S/C20H21ClN4O4/c21-15-6-7-18(25(28)29)17(12-15)23-19(26)13-24-10-8-14(9-11-24)20(27)22-16-4-2-1-3-5-16/h1-7,12,14H,8-11,13H2,(H,22,27)(H,23,26). The maximum Gasteiger partial charge on any atom is 0.292 e. The zero-order valence-electron chi connectivity index (χ0n) is 15.6. The second kappa shape index (κ2) is 9.49. The topological polar surface area (TPSA) is 105 Å². The highest BCUT2D eigenvalue weighted by atomic mass is 35.5. The molecule has 0 aliphatic carbocycles. The predicted octanol–water partition coefficient (Wildman–Crippen LogP) is 3.54. The van der Waals surface area contributed by atoms with Crippen LogP contribution in [0.1, 0.15) is 12.8 Å². The minimum Gasteiger partial charge on any atom is -0.326 e. The van der Waals surface area contributed by atoms with Gasteiger partial charge in [0.1, 0.15) is 5.69 Å². The van der Waals surface area contributed by atoms with Gasteiger partial charge in [0.15, 0.2) is 0 Å². The molecule has 2 amide bonds. The molecular formula is C20H21ClN4O4. The van der Waals surface area contributed by atoms with Gasteiger partial charge in [-0.25, -0.2) is 0 Å². The third-order valence-corrected chi connectivity index (χ3v) is 5.03. The van der Waals surface area contributed by atoms with E-state index in [1.807, 2.05) is 35.2 Å². The molecule has 0 aromatic heterocycles. The summed E-state index contributed by atoms with van der Waals surface area (Å²) in [5.74, 6) is -0.485. The Morgan fingerprint density at radius 3 is 2.45 bits per heavy atom. The summed E-state index contributed by atoms with van der Waals surface area (Å²) in [4.78, 5) is 37.2. The number of hydrogen-bond donors (Lipinski definition) is 2. The number of piperidine rings is 1. The quantitative estimate of drug-likeness (QED) is 0.553. The number of benzene rings is 2. The number of carbonyl (C=O) groups excluding carboxylic acids is 2. The summed E-state index contributed by atoms with van der Waals surface area (Å²) in [6.07, 6.45) is 1.28. The van der Waals surface area contributed by atoms with E-state index in [1.165, 1.54) is 18.2 Å². The summed E-state index contributed by atoms with van der Waals surface area (Å²) in [6, 6.07) is 13.3. The van der Waals surface area contributed by atoms with Crippen LogP contribution < -0.4 is 10.6 Å². The van der Waals surface area contributed by atoms with Gasteiger partial charge >= 0.3 is 0 Å². The fourth-order valence-corrected chi connectivity index (χ4v) is 3.45. The summed E-state index contributed by atoms with van der Waals surface area (Å²) in [5, 5.41) is 16.9. The molecule has 0 bridgehead atoms. The van der Waals surface area contributed by atoms with Crippen molar-refractivity contribution in [2.45, 2.75) is 12.8 Å². The summed E-state index contributed by atoms with van der Waals surface area (Å²) in [6.45, 7) is 1.28. The Labute approximate surface area is 173 Å². The van der Waals surface area contributed by atoms with Gasteiger partial charge in [0.05, 0.1) is 11.5 Å². The van der Waals surface area contributed by atoms with Crippen molar-refractivity contribution in [2.24, 2.45) is 5.92 Å². The Morgan fingerprint density at radius 1 is 1.10 bits per heavy atom. The van der Waals surface area contributed by atoms with Crippen LogP contribution >= 0.6 is 11.6 Å². The second-order valence-corrected chi connectivity index (χ2v) is 7.31. The van der Waals surface area contributed by atoms with Crippen LogP contribution in [0.3, 0.4) is 0 Å². The largest absolute Gasteiger partial charge is 0.326 e. The van der Waals surface area contributed by atoms with Crippen molar-refractivity contribution in [2.75, 3.05) is 30.3 Å². The summed E-state index contributed by atoms with van der Waals surface area (Å²) >= 11 is 5.88. The number of para-hydroxylation sites is 1. The summed E-state index contributed by atoms with van der Waals surface area (Å²) in [7, 11) is 0. The van der Waals surface area contributed by atoms with Crippen molar-refractivity contribution in [1.82, 2.24) is 4.90 Å². The molecule has 1 aliphatic heterocycles. The maximum atomic E-state index is 12.4. The van der Waals surface area contributed by atoms with Gasteiger partial charge < -0.3 is 10.6 Å². The van der Waals surface area contributed by atoms with Crippen molar-refractivity contribution in [1.29, 1.82) is 0 Å². The van der Waals surface area contributed by atoms with Crippen LogP contribution in [0.2, 0.25) is 5.02 Å². The van der Waals surface area contributed by atoms with Crippen molar-refractivity contribution >= 4 is 40.5 Å². The van der Waals surface area contributed by atoms with E-state index in [1.54, 1.807) is 0 Å². The Hall–Kier alpha value is -2.97. The number of nitrogens with one attached hydrogen (secondary N) is 2. The molecule has 1 heterocycles. The van der Waals surface area contributed by atoms with Crippen LogP contribution in [-0.4, -0.2) is 41.3 Å². The molecule has 1 saturated heterocycles. The molecule has 29 heavy (non-hydrogen) atoms. The van der Waals surface area contributed by atoms with E-state index < -0.39 is 4.92 Å². The van der Waals surface area contributed by atoms with E-state index in [4.69, 9.17) is 11.6 Å². The van der Waals surface area contributed by atoms with Gasteiger partial charge in [0, 0.05) is 22.7 Å². The SMILES string of the molecule is O=C(CN1CCC(C(=O)Nc2ccccc2)CC1)Nc1cc(Cl)ccc1[N+](=O)[O-]. The first-order chi connectivity index (χ1) is 13.9. The minimum absolute atomic E-state index is 0.0187. The van der Waals surface area contributed by atoms with Crippen molar-refractivity contribution in [3.05, 3.63) is 63.7 Å². The molecule has 0 unspecified atom stereocenters. The van der Waals surface area contributed by atoms with E-state index in [2.05, 4.69) is 10.6 Å². The van der Waals surface area contributed by atoms with Crippen LogP contribution in [0, 0.1) is 16.0 Å². The van der Waals surface area contributed by atoms with Crippen LogP contribution in [0.4, 0.5) is 17.1 Å². The van der Waals surface area contributed by atoms with E-state index in [9.17, 15) is 19.7 Å². The van der Waals surface area contributed by atoms with E-state index >= 15 is 0 Å². The molecule has 0 radical (unpaired) electrons. The highest BCUT2D eigenvalue weighted by Crippen LogP contribution is 2.27.